The smallest absolute Gasteiger partial charge is 0.423 e. The molecule has 0 fully saturated rings. The second-order valence-corrected chi connectivity index (χ2v) is 2.68. The molecule has 0 aromatic rings. The Hall–Kier alpha value is -1.28. The Kier molecular flexibility index (Phi) is 5.43. The zero-order valence-electron chi connectivity index (χ0n) is 7.90. The molecule has 0 radical (unpaired) electrons. The van der Waals surface area contributed by atoms with Gasteiger partial charge < -0.3 is 4.74 Å². The van der Waals surface area contributed by atoms with Gasteiger partial charge in [-0.15, -0.1) is 0 Å². The Morgan fingerprint density at radius 1 is 0.706 bits per heavy atom. The van der Waals surface area contributed by atoms with E-state index in [4.69, 9.17) is 0 Å². The van der Waals surface area contributed by atoms with E-state index in [1.165, 1.54) is 0 Å². The Bertz CT molecular complexity index is 248. The van der Waals surface area contributed by atoms with Crippen LogP contribution in [0.25, 0.3) is 0 Å². The van der Waals surface area contributed by atoms with Crippen LogP contribution in [0.15, 0.2) is 24.7 Å². The van der Waals surface area contributed by atoms with E-state index < -0.39 is 24.7 Å². The van der Waals surface area contributed by atoms with Crippen LogP contribution in [0, 0.1) is 0 Å². The molecule has 0 aromatic carbocycles. The second kappa shape index (κ2) is 5.87. The monoisotopic (exact) mass is 270 g/mol. The van der Waals surface area contributed by atoms with E-state index in [9.17, 15) is 35.1 Å². The van der Waals surface area contributed by atoms with Crippen molar-refractivity contribution in [1.29, 1.82) is 0 Å². The number of hydrogen-bond acceptors (Lipinski definition) is 1. The summed E-state index contributed by atoms with van der Waals surface area (Å²) in [6.07, 6.45) is -16.7. The molecule has 0 aliphatic rings. The van der Waals surface area contributed by atoms with Crippen molar-refractivity contribution in [2.75, 3.05) is 0 Å². The number of alkyl halides is 8. The summed E-state index contributed by atoms with van der Waals surface area (Å²) in [5.41, 5.74) is 0. The summed E-state index contributed by atoms with van der Waals surface area (Å²) >= 11 is 0. The Morgan fingerprint density at radius 3 is 1.24 bits per heavy atom. The Balaban J connectivity index is 4.08. The molecule has 9 heteroatoms. The largest absolute Gasteiger partial charge is 0.473 e. The third kappa shape index (κ3) is 6.80. The number of hydrogen-bond donors (Lipinski definition) is 0. The van der Waals surface area contributed by atoms with Crippen LogP contribution in [0.3, 0.4) is 0 Å². The molecular formula is C8H6F8O. The molecule has 100 valence electrons. The first-order chi connectivity index (χ1) is 7.55. The van der Waals surface area contributed by atoms with E-state index >= 15 is 0 Å². The normalized spacial score (nSPS) is 17.6. The molecule has 0 aromatic heterocycles. The number of ether oxygens (including phenoxy) is 1. The third-order valence-corrected chi connectivity index (χ3v) is 1.28. The molecular weight excluding hydrogens is 264 g/mol. The highest BCUT2D eigenvalue weighted by Crippen LogP contribution is 2.24. The molecule has 0 aliphatic heterocycles. The van der Waals surface area contributed by atoms with Gasteiger partial charge in [0.25, 0.3) is 0 Å². The highest BCUT2D eigenvalue weighted by Gasteiger charge is 2.39. The summed E-state index contributed by atoms with van der Waals surface area (Å²) < 4.78 is 97.4. The maximum atomic E-state index is 12.1. The first kappa shape index (κ1) is 15.7. The van der Waals surface area contributed by atoms with Gasteiger partial charge in [-0.3, -0.25) is 0 Å². The first-order valence-corrected chi connectivity index (χ1v) is 3.95. The lowest BCUT2D eigenvalue weighted by atomic mass is 10.4. The van der Waals surface area contributed by atoms with Crippen molar-refractivity contribution in [1.82, 2.24) is 0 Å². The van der Waals surface area contributed by atoms with Gasteiger partial charge in [0.15, 0.2) is 0 Å². The van der Waals surface area contributed by atoms with Gasteiger partial charge in [-0.1, -0.05) is 0 Å². The van der Waals surface area contributed by atoms with Gasteiger partial charge >= 0.3 is 12.4 Å². The van der Waals surface area contributed by atoms with Crippen molar-refractivity contribution in [3.8, 4) is 0 Å². The summed E-state index contributed by atoms with van der Waals surface area (Å²) in [4.78, 5) is 0. The highest BCUT2D eigenvalue weighted by atomic mass is 19.4. The Morgan fingerprint density at radius 2 is 1.00 bits per heavy atom. The predicted octanol–water partition coefficient (Wildman–Crippen LogP) is 3.83. The number of rotatable bonds is 4. The molecule has 0 N–H and O–H groups in total. The molecule has 0 bridgehead atoms. The lowest BCUT2D eigenvalue weighted by Gasteiger charge is -2.07. The van der Waals surface area contributed by atoms with Crippen molar-refractivity contribution in [3.05, 3.63) is 24.7 Å². The molecule has 1 nitrogen and oxygen atoms in total. The van der Waals surface area contributed by atoms with Crippen molar-refractivity contribution < 1.29 is 39.9 Å². The zero-order chi connectivity index (χ0) is 13.7. The highest BCUT2D eigenvalue weighted by molar-refractivity contribution is 4.92. The fraction of sp³-hybridized carbons (Fsp3) is 0.500. The van der Waals surface area contributed by atoms with E-state index in [1.54, 1.807) is 0 Å². The molecule has 0 rings (SSSR count). The molecule has 0 saturated carbocycles. The van der Waals surface area contributed by atoms with Crippen LogP contribution in [0.5, 0.6) is 0 Å². The minimum atomic E-state index is -5.13. The lowest BCUT2D eigenvalue weighted by molar-refractivity contribution is -0.166. The summed E-state index contributed by atoms with van der Waals surface area (Å²) in [6, 6.07) is 0. The Labute approximate surface area is 90.4 Å². The van der Waals surface area contributed by atoms with E-state index in [2.05, 4.69) is 4.74 Å². The summed E-state index contributed by atoms with van der Waals surface area (Å²) in [6.45, 7) is 0. The first-order valence-electron chi connectivity index (χ1n) is 3.95. The average molecular weight is 270 g/mol. The van der Waals surface area contributed by atoms with Crippen LogP contribution in [0.2, 0.25) is 0 Å². The minimum Gasteiger partial charge on any atom is -0.473 e. The van der Waals surface area contributed by atoms with Gasteiger partial charge in [-0.2, -0.15) is 26.3 Å². The molecule has 17 heavy (non-hydrogen) atoms. The summed E-state index contributed by atoms with van der Waals surface area (Å²) in [5, 5.41) is 0. The van der Waals surface area contributed by atoms with E-state index in [1.807, 2.05) is 0 Å². The van der Waals surface area contributed by atoms with Gasteiger partial charge in [0.1, 0.15) is 0 Å². The van der Waals surface area contributed by atoms with Gasteiger partial charge in [-0.25, -0.2) is 8.78 Å². The van der Waals surface area contributed by atoms with Gasteiger partial charge in [-0.05, 0) is 12.2 Å². The third-order valence-electron chi connectivity index (χ3n) is 1.28. The van der Waals surface area contributed by atoms with E-state index in [0.717, 1.165) is 0 Å². The second-order valence-electron chi connectivity index (χ2n) is 2.68. The molecule has 0 spiro atoms. The van der Waals surface area contributed by atoms with Gasteiger partial charge in [0, 0.05) is 0 Å². The summed E-state index contributed by atoms with van der Waals surface area (Å²) in [7, 11) is 0. The van der Waals surface area contributed by atoms with Crippen molar-refractivity contribution >= 4 is 0 Å². The standard InChI is InChI=1S/C8H6F8O/c9-5(7(11,12)13)1-3-17-4-2-6(10)8(14,15)16/h1-6H. The molecule has 0 saturated heterocycles. The average Bonchev–Trinajstić information content (AvgIpc) is 2.13. The van der Waals surface area contributed by atoms with Crippen LogP contribution < -0.4 is 0 Å². The molecule has 0 aliphatic carbocycles. The predicted molar refractivity (Wildman–Crippen MR) is 41.3 cm³/mol. The van der Waals surface area contributed by atoms with Crippen LogP contribution in [0.4, 0.5) is 35.1 Å². The minimum absolute atomic E-state index is 0.0782. The zero-order valence-corrected chi connectivity index (χ0v) is 7.90. The fourth-order valence-corrected chi connectivity index (χ4v) is 0.492. The number of halogens is 8. The van der Waals surface area contributed by atoms with E-state index in [-0.39, 0.29) is 24.7 Å². The molecule has 0 heterocycles. The molecule has 2 atom stereocenters. The van der Waals surface area contributed by atoms with Gasteiger partial charge in [0.2, 0.25) is 12.3 Å². The summed E-state index contributed by atoms with van der Waals surface area (Å²) in [5.74, 6) is 0. The maximum Gasteiger partial charge on any atom is 0.423 e. The number of allylic oxidation sites excluding steroid dienone is 2. The van der Waals surface area contributed by atoms with Crippen molar-refractivity contribution in [3.63, 3.8) is 0 Å². The topological polar surface area (TPSA) is 9.23 Å². The molecule has 0 amide bonds. The quantitative estimate of drug-likeness (QED) is 0.557. The van der Waals surface area contributed by atoms with Crippen LogP contribution in [0.1, 0.15) is 0 Å². The lowest BCUT2D eigenvalue weighted by Crippen LogP contribution is -2.22. The van der Waals surface area contributed by atoms with Crippen LogP contribution >= 0.6 is 0 Å². The SMILES string of the molecule is FC(C=COC=CC(F)C(F)(F)F)C(F)(F)F. The van der Waals surface area contributed by atoms with Crippen LogP contribution in [-0.4, -0.2) is 24.7 Å². The van der Waals surface area contributed by atoms with Crippen molar-refractivity contribution in [2.45, 2.75) is 24.7 Å². The van der Waals surface area contributed by atoms with E-state index in [0.29, 0.717) is 0 Å². The van der Waals surface area contributed by atoms with Gasteiger partial charge in [0.05, 0.1) is 12.5 Å². The maximum absolute atomic E-state index is 12.1. The molecule has 2 unspecified atom stereocenters. The fourth-order valence-electron chi connectivity index (χ4n) is 0.492. The van der Waals surface area contributed by atoms with Crippen molar-refractivity contribution in [2.24, 2.45) is 0 Å². The van der Waals surface area contributed by atoms with Crippen LogP contribution in [-0.2, 0) is 4.74 Å².